The summed E-state index contributed by atoms with van der Waals surface area (Å²) in [7, 11) is 1.75. The summed E-state index contributed by atoms with van der Waals surface area (Å²) in [6.45, 7) is 6.48. The SMILES string of the molecule is CCOc1c(-c2cccc(F)c2)ccc(C(=O)N(C)Cc2cnc(C)c3cn[nH]c23)c1C. The highest BCUT2D eigenvalue weighted by Crippen LogP contribution is 2.36. The van der Waals surface area contributed by atoms with Crippen LogP contribution in [-0.2, 0) is 6.54 Å². The lowest BCUT2D eigenvalue weighted by atomic mass is 9.97. The van der Waals surface area contributed by atoms with E-state index in [1.54, 1.807) is 36.5 Å². The summed E-state index contributed by atoms with van der Waals surface area (Å²) < 4.78 is 19.7. The third kappa shape index (κ3) is 3.93. The Morgan fingerprint density at radius 1 is 1.19 bits per heavy atom. The second kappa shape index (κ2) is 8.78. The molecule has 0 saturated heterocycles. The van der Waals surface area contributed by atoms with Crippen molar-refractivity contribution in [1.82, 2.24) is 20.1 Å². The molecule has 7 heteroatoms. The smallest absolute Gasteiger partial charge is 0.254 e. The molecule has 1 amide bonds. The molecule has 6 nitrogen and oxygen atoms in total. The van der Waals surface area contributed by atoms with Crippen LogP contribution >= 0.6 is 0 Å². The van der Waals surface area contributed by atoms with E-state index in [4.69, 9.17) is 4.74 Å². The summed E-state index contributed by atoms with van der Waals surface area (Å²) >= 11 is 0. The third-order valence-corrected chi connectivity index (χ3v) is 5.58. The van der Waals surface area contributed by atoms with E-state index in [-0.39, 0.29) is 11.7 Å². The van der Waals surface area contributed by atoms with Gasteiger partial charge in [-0.1, -0.05) is 12.1 Å². The van der Waals surface area contributed by atoms with Gasteiger partial charge in [-0.05, 0) is 50.6 Å². The Balaban J connectivity index is 1.67. The zero-order valence-electron chi connectivity index (χ0n) is 18.6. The molecule has 4 rings (SSSR count). The predicted molar refractivity (Wildman–Crippen MR) is 122 cm³/mol. The average molecular weight is 432 g/mol. The van der Waals surface area contributed by atoms with Gasteiger partial charge in [0.25, 0.3) is 5.91 Å². The molecule has 164 valence electrons. The van der Waals surface area contributed by atoms with E-state index in [1.807, 2.05) is 32.9 Å². The summed E-state index contributed by atoms with van der Waals surface area (Å²) in [5.41, 5.74) is 5.37. The maximum Gasteiger partial charge on any atom is 0.254 e. The number of nitrogens with zero attached hydrogens (tertiary/aromatic N) is 3. The topological polar surface area (TPSA) is 71.1 Å². The monoisotopic (exact) mass is 432 g/mol. The van der Waals surface area contributed by atoms with Crippen LogP contribution in [0.3, 0.4) is 0 Å². The Hall–Kier alpha value is -3.74. The number of ether oxygens (including phenoxy) is 1. The van der Waals surface area contributed by atoms with Gasteiger partial charge < -0.3 is 9.64 Å². The number of H-pyrrole nitrogens is 1. The lowest BCUT2D eigenvalue weighted by Gasteiger charge is -2.21. The van der Waals surface area contributed by atoms with Crippen LogP contribution in [0.4, 0.5) is 4.39 Å². The van der Waals surface area contributed by atoms with Crippen molar-refractivity contribution in [2.24, 2.45) is 0 Å². The van der Waals surface area contributed by atoms with E-state index in [0.29, 0.717) is 30.0 Å². The normalized spacial score (nSPS) is 11.0. The number of amides is 1. The van der Waals surface area contributed by atoms with Crippen molar-refractivity contribution in [3.63, 3.8) is 0 Å². The Morgan fingerprint density at radius 2 is 2.00 bits per heavy atom. The number of nitrogens with one attached hydrogen (secondary N) is 1. The van der Waals surface area contributed by atoms with Crippen molar-refractivity contribution in [3.8, 4) is 16.9 Å². The minimum atomic E-state index is -0.320. The van der Waals surface area contributed by atoms with Crippen molar-refractivity contribution >= 4 is 16.8 Å². The number of pyridine rings is 1. The molecule has 0 bridgehead atoms. The highest BCUT2D eigenvalue weighted by atomic mass is 19.1. The van der Waals surface area contributed by atoms with Crippen LogP contribution in [0.1, 0.15) is 34.1 Å². The highest BCUT2D eigenvalue weighted by Gasteiger charge is 2.21. The second-order valence-electron chi connectivity index (χ2n) is 7.75. The number of hydrogen-bond donors (Lipinski definition) is 1. The fourth-order valence-corrected chi connectivity index (χ4v) is 3.90. The lowest BCUT2D eigenvalue weighted by Crippen LogP contribution is -2.27. The Labute approximate surface area is 186 Å². The van der Waals surface area contributed by atoms with Crippen LogP contribution in [0.15, 0.2) is 48.8 Å². The van der Waals surface area contributed by atoms with E-state index < -0.39 is 0 Å². The van der Waals surface area contributed by atoms with Crippen LogP contribution in [0.25, 0.3) is 22.0 Å². The van der Waals surface area contributed by atoms with Gasteiger partial charge in [-0.15, -0.1) is 0 Å². The molecule has 0 aliphatic rings. The molecule has 2 heterocycles. The minimum Gasteiger partial charge on any atom is -0.493 e. The first-order valence-corrected chi connectivity index (χ1v) is 10.5. The lowest BCUT2D eigenvalue weighted by molar-refractivity contribution is 0.0784. The summed E-state index contributed by atoms with van der Waals surface area (Å²) in [4.78, 5) is 19.4. The first-order valence-electron chi connectivity index (χ1n) is 10.5. The maximum absolute atomic E-state index is 13.8. The Kier molecular flexibility index (Phi) is 5.90. The third-order valence-electron chi connectivity index (χ3n) is 5.58. The summed E-state index contributed by atoms with van der Waals surface area (Å²) in [6, 6.07) is 9.94. The van der Waals surface area contributed by atoms with Crippen LogP contribution in [0.2, 0.25) is 0 Å². The summed E-state index contributed by atoms with van der Waals surface area (Å²) in [6.07, 6.45) is 3.51. The minimum absolute atomic E-state index is 0.137. The van der Waals surface area contributed by atoms with Crippen LogP contribution < -0.4 is 4.74 Å². The first-order chi connectivity index (χ1) is 15.4. The standard InChI is InChI=1S/C25H25FN4O2/c1-5-32-24-15(2)20(9-10-21(24)17-7-6-8-19(26)11-17)25(31)30(4)14-18-12-27-16(3)22-13-28-29-23(18)22/h6-13H,5,14H2,1-4H3,(H,28,29). The molecule has 2 aromatic carbocycles. The Bertz CT molecular complexity index is 1300. The summed E-state index contributed by atoms with van der Waals surface area (Å²) in [5, 5.41) is 8.06. The maximum atomic E-state index is 13.8. The largest absolute Gasteiger partial charge is 0.493 e. The van der Waals surface area contributed by atoms with E-state index in [2.05, 4.69) is 15.2 Å². The van der Waals surface area contributed by atoms with Gasteiger partial charge in [0.1, 0.15) is 11.6 Å². The van der Waals surface area contributed by atoms with E-state index in [0.717, 1.165) is 33.3 Å². The highest BCUT2D eigenvalue weighted by molar-refractivity contribution is 5.97. The number of aryl methyl sites for hydroxylation is 1. The zero-order chi connectivity index (χ0) is 22.8. The molecule has 0 aliphatic heterocycles. The number of rotatable bonds is 6. The molecule has 2 aromatic heterocycles. The zero-order valence-corrected chi connectivity index (χ0v) is 18.6. The van der Waals surface area contributed by atoms with Crippen molar-refractivity contribution in [2.75, 3.05) is 13.7 Å². The van der Waals surface area contributed by atoms with Gasteiger partial charge in [0, 0.05) is 53.1 Å². The molecule has 0 radical (unpaired) electrons. The van der Waals surface area contributed by atoms with Crippen LogP contribution in [0.5, 0.6) is 5.75 Å². The fraction of sp³-hybridized carbons (Fsp3) is 0.240. The molecule has 0 spiro atoms. The van der Waals surface area contributed by atoms with E-state index in [9.17, 15) is 9.18 Å². The molecular formula is C25H25FN4O2. The molecule has 4 aromatic rings. The molecular weight excluding hydrogens is 407 g/mol. The molecule has 0 atom stereocenters. The van der Waals surface area contributed by atoms with Crippen molar-refractivity contribution < 1.29 is 13.9 Å². The van der Waals surface area contributed by atoms with Gasteiger partial charge in [-0.2, -0.15) is 5.10 Å². The molecule has 0 aliphatic carbocycles. The van der Waals surface area contributed by atoms with Gasteiger partial charge in [0.05, 0.1) is 18.3 Å². The fourth-order valence-electron chi connectivity index (χ4n) is 3.90. The number of halogens is 1. The molecule has 32 heavy (non-hydrogen) atoms. The average Bonchev–Trinajstić information content (AvgIpc) is 3.28. The van der Waals surface area contributed by atoms with Gasteiger partial charge in [-0.25, -0.2) is 4.39 Å². The number of aromatic nitrogens is 3. The number of carbonyl (C=O) groups excluding carboxylic acids is 1. The molecule has 1 N–H and O–H groups in total. The van der Waals surface area contributed by atoms with Crippen molar-refractivity contribution in [3.05, 3.63) is 77.0 Å². The number of carbonyl (C=O) groups is 1. The van der Waals surface area contributed by atoms with Gasteiger partial charge >= 0.3 is 0 Å². The molecule has 0 unspecified atom stereocenters. The van der Waals surface area contributed by atoms with E-state index in [1.165, 1.54) is 12.1 Å². The van der Waals surface area contributed by atoms with Crippen LogP contribution in [-0.4, -0.2) is 39.6 Å². The predicted octanol–water partition coefficient (Wildman–Crippen LogP) is 5.05. The van der Waals surface area contributed by atoms with Gasteiger partial charge in [0.15, 0.2) is 0 Å². The molecule has 0 fully saturated rings. The van der Waals surface area contributed by atoms with Crippen molar-refractivity contribution in [1.29, 1.82) is 0 Å². The summed E-state index contributed by atoms with van der Waals surface area (Å²) in [5.74, 6) is 0.132. The number of hydrogen-bond acceptors (Lipinski definition) is 4. The van der Waals surface area contributed by atoms with Crippen LogP contribution in [0, 0.1) is 19.7 Å². The first kappa shape index (κ1) is 21.5. The van der Waals surface area contributed by atoms with Gasteiger partial charge in [0.2, 0.25) is 0 Å². The number of benzene rings is 2. The second-order valence-corrected chi connectivity index (χ2v) is 7.75. The van der Waals surface area contributed by atoms with Crippen molar-refractivity contribution in [2.45, 2.75) is 27.3 Å². The quantitative estimate of drug-likeness (QED) is 0.463. The van der Waals surface area contributed by atoms with E-state index >= 15 is 0 Å². The van der Waals surface area contributed by atoms with Gasteiger partial charge in [-0.3, -0.25) is 14.9 Å². The molecule has 0 saturated carbocycles. The number of fused-ring (bicyclic) bond motifs is 1. The Morgan fingerprint density at radius 3 is 2.75 bits per heavy atom. The number of aromatic amines is 1.